The average Bonchev–Trinajstić information content (AvgIpc) is 2.88. The van der Waals surface area contributed by atoms with Crippen molar-refractivity contribution in [2.24, 2.45) is 11.8 Å². The van der Waals surface area contributed by atoms with Gasteiger partial charge in [0.15, 0.2) is 0 Å². The molecular weight excluding hydrogens is 483 g/mol. The molecule has 0 bridgehead atoms. The van der Waals surface area contributed by atoms with E-state index in [1.165, 1.54) is 12.1 Å². The quantitative estimate of drug-likeness (QED) is 0.333. The topological polar surface area (TPSA) is 73.8 Å². The number of alkyl halides is 2. The number of amides is 2. The summed E-state index contributed by atoms with van der Waals surface area (Å²) in [6.45, 7) is 2.09. The van der Waals surface area contributed by atoms with E-state index in [1.807, 2.05) is 7.05 Å². The second-order valence-electron chi connectivity index (χ2n) is 10.9. The first-order valence-corrected chi connectivity index (χ1v) is 13.7. The molecule has 2 aliphatic rings. The van der Waals surface area contributed by atoms with Crippen LogP contribution in [-0.4, -0.2) is 68.4 Å². The summed E-state index contributed by atoms with van der Waals surface area (Å²) in [5.74, 6) is -3.03. The highest BCUT2D eigenvalue weighted by Gasteiger charge is 2.42. The zero-order valence-corrected chi connectivity index (χ0v) is 22.3. The number of hydrogen-bond donors (Lipinski definition) is 3. The van der Waals surface area contributed by atoms with Crippen LogP contribution in [0.15, 0.2) is 24.3 Å². The lowest BCUT2D eigenvalue weighted by Gasteiger charge is -2.43. The zero-order chi connectivity index (χ0) is 26.9. The first-order chi connectivity index (χ1) is 17.7. The van der Waals surface area contributed by atoms with Crippen molar-refractivity contribution in [1.29, 1.82) is 0 Å². The second-order valence-corrected chi connectivity index (χ2v) is 10.9. The monoisotopic (exact) mass is 527 g/mol. The van der Waals surface area contributed by atoms with E-state index in [2.05, 4.69) is 10.6 Å². The molecule has 0 spiro atoms. The van der Waals surface area contributed by atoms with Gasteiger partial charge < -0.3 is 25.4 Å². The van der Waals surface area contributed by atoms with Gasteiger partial charge in [0.2, 0.25) is 5.92 Å². The van der Waals surface area contributed by atoms with Crippen LogP contribution in [0.2, 0.25) is 0 Å². The molecular formula is C28H44F3N3O3. The van der Waals surface area contributed by atoms with E-state index < -0.39 is 17.3 Å². The normalized spacial score (nSPS) is 22.9. The highest BCUT2D eigenvalue weighted by Crippen LogP contribution is 2.40. The summed E-state index contributed by atoms with van der Waals surface area (Å²) >= 11 is 0. The Morgan fingerprint density at radius 2 is 2.03 bits per heavy atom. The SMILES string of the molecule is CNC[C@H](CC1CCC(F)(F)CC1)NC(=O)N1CCC[C@@H]([C@@](O)(CCCCOC)c2cccc(F)c2)C1. The number of rotatable bonds is 12. The van der Waals surface area contributed by atoms with Crippen molar-refractivity contribution < 1.29 is 27.8 Å². The molecule has 0 unspecified atom stereocenters. The van der Waals surface area contributed by atoms with Gasteiger partial charge in [-0.3, -0.25) is 0 Å². The molecule has 0 aromatic heterocycles. The van der Waals surface area contributed by atoms with Gasteiger partial charge in [0.25, 0.3) is 0 Å². The van der Waals surface area contributed by atoms with Gasteiger partial charge in [0.1, 0.15) is 5.82 Å². The summed E-state index contributed by atoms with van der Waals surface area (Å²) < 4.78 is 46.4. The minimum atomic E-state index is -2.57. The van der Waals surface area contributed by atoms with Gasteiger partial charge >= 0.3 is 6.03 Å². The van der Waals surface area contributed by atoms with Crippen molar-refractivity contribution in [2.45, 2.75) is 81.8 Å². The van der Waals surface area contributed by atoms with Crippen LogP contribution in [0.1, 0.15) is 69.8 Å². The Bertz CT molecular complexity index is 849. The number of halogens is 3. The number of methoxy groups -OCH3 is 1. The van der Waals surface area contributed by atoms with Crippen molar-refractivity contribution in [3.05, 3.63) is 35.6 Å². The Labute approximate surface area is 219 Å². The number of unbranched alkanes of at least 4 members (excludes halogenated alkanes) is 1. The number of carbonyl (C=O) groups is 1. The molecule has 210 valence electrons. The molecule has 6 nitrogen and oxygen atoms in total. The number of nitrogens with zero attached hydrogens (tertiary/aromatic N) is 1. The molecule has 3 N–H and O–H groups in total. The largest absolute Gasteiger partial charge is 0.385 e. The van der Waals surface area contributed by atoms with Crippen LogP contribution in [-0.2, 0) is 10.3 Å². The fourth-order valence-electron chi connectivity index (χ4n) is 5.98. The maximum atomic E-state index is 14.1. The molecule has 1 saturated carbocycles. The predicted octanol–water partition coefficient (Wildman–Crippen LogP) is 5.06. The number of urea groups is 1. The molecule has 1 heterocycles. The van der Waals surface area contributed by atoms with Crippen molar-refractivity contribution in [3.8, 4) is 0 Å². The van der Waals surface area contributed by atoms with Gasteiger partial charge in [-0.15, -0.1) is 0 Å². The number of hydrogen-bond acceptors (Lipinski definition) is 4. The number of nitrogens with one attached hydrogen (secondary N) is 2. The van der Waals surface area contributed by atoms with Crippen molar-refractivity contribution in [2.75, 3.05) is 40.4 Å². The van der Waals surface area contributed by atoms with E-state index in [4.69, 9.17) is 4.74 Å². The lowest BCUT2D eigenvalue weighted by Crippen LogP contribution is -2.54. The van der Waals surface area contributed by atoms with E-state index in [1.54, 1.807) is 24.1 Å². The van der Waals surface area contributed by atoms with E-state index in [0.29, 0.717) is 63.9 Å². The van der Waals surface area contributed by atoms with Gasteiger partial charge in [0.05, 0.1) is 5.60 Å². The molecule has 1 aromatic carbocycles. The molecule has 2 amide bonds. The van der Waals surface area contributed by atoms with Crippen LogP contribution in [0.5, 0.6) is 0 Å². The minimum absolute atomic E-state index is 0.0886. The van der Waals surface area contributed by atoms with Crippen molar-refractivity contribution >= 4 is 6.03 Å². The Hall–Kier alpha value is -1.84. The maximum absolute atomic E-state index is 14.1. The van der Waals surface area contributed by atoms with Gasteiger partial charge in [0, 0.05) is 58.2 Å². The maximum Gasteiger partial charge on any atom is 0.317 e. The summed E-state index contributed by atoms with van der Waals surface area (Å²) in [5, 5.41) is 18.1. The third kappa shape index (κ3) is 8.58. The molecule has 3 atom stereocenters. The molecule has 1 saturated heterocycles. The van der Waals surface area contributed by atoms with Crippen LogP contribution in [0.25, 0.3) is 0 Å². The lowest BCUT2D eigenvalue weighted by atomic mass is 9.74. The fraction of sp³-hybridized carbons (Fsp3) is 0.750. The Morgan fingerprint density at radius 1 is 1.27 bits per heavy atom. The minimum Gasteiger partial charge on any atom is -0.385 e. The van der Waals surface area contributed by atoms with Gasteiger partial charge in [-0.1, -0.05) is 12.1 Å². The number of carbonyl (C=O) groups excluding carboxylic acids is 1. The fourth-order valence-corrected chi connectivity index (χ4v) is 5.98. The number of likely N-dealkylation sites (tertiary alicyclic amines) is 1. The Kier molecular flexibility index (Phi) is 11.1. The molecule has 1 aliphatic carbocycles. The van der Waals surface area contributed by atoms with Crippen molar-refractivity contribution in [1.82, 2.24) is 15.5 Å². The standard InChI is InChI=1S/C28H44F3N3O3/c1-32-19-25(17-21-10-13-27(30,31)14-11-21)33-26(35)34-15-6-8-23(20-34)28(36,12-3-4-16-37-2)22-7-5-9-24(29)18-22/h5,7,9,18,21,23,25,32,36H,3-4,6,8,10-17,19-20H2,1-2H3,(H,33,35)/t23-,25+,28-/m1/s1. The second kappa shape index (κ2) is 13.8. The summed E-state index contributed by atoms with van der Waals surface area (Å²) in [7, 11) is 3.45. The number of likely N-dealkylation sites (N-methyl/N-ethyl adjacent to an activating group) is 1. The highest BCUT2D eigenvalue weighted by atomic mass is 19.3. The van der Waals surface area contributed by atoms with Gasteiger partial charge in [-0.25, -0.2) is 18.0 Å². The van der Waals surface area contributed by atoms with E-state index in [0.717, 1.165) is 19.3 Å². The first-order valence-electron chi connectivity index (χ1n) is 13.7. The van der Waals surface area contributed by atoms with Crippen LogP contribution >= 0.6 is 0 Å². The van der Waals surface area contributed by atoms with E-state index in [9.17, 15) is 23.1 Å². The van der Waals surface area contributed by atoms with Crippen molar-refractivity contribution in [3.63, 3.8) is 0 Å². The summed E-state index contributed by atoms with van der Waals surface area (Å²) in [6, 6.07) is 5.77. The summed E-state index contributed by atoms with van der Waals surface area (Å²) in [4.78, 5) is 15.0. The molecule has 37 heavy (non-hydrogen) atoms. The van der Waals surface area contributed by atoms with Gasteiger partial charge in [-0.2, -0.15) is 0 Å². The highest BCUT2D eigenvalue weighted by molar-refractivity contribution is 5.74. The van der Waals surface area contributed by atoms with E-state index in [-0.39, 0.29) is 36.8 Å². The average molecular weight is 528 g/mol. The number of piperidine rings is 1. The Morgan fingerprint density at radius 3 is 2.70 bits per heavy atom. The predicted molar refractivity (Wildman–Crippen MR) is 138 cm³/mol. The number of ether oxygens (including phenoxy) is 1. The third-order valence-corrected chi connectivity index (χ3v) is 8.10. The third-order valence-electron chi connectivity index (χ3n) is 8.10. The van der Waals surface area contributed by atoms with Gasteiger partial charge in [-0.05, 0) is 82.0 Å². The van der Waals surface area contributed by atoms with E-state index >= 15 is 0 Å². The molecule has 3 rings (SSSR count). The first kappa shape index (κ1) is 29.7. The molecule has 1 aromatic rings. The molecule has 1 aliphatic heterocycles. The smallest absolute Gasteiger partial charge is 0.317 e. The molecule has 0 radical (unpaired) electrons. The number of benzene rings is 1. The summed E-state index contributed by atoms with van der Waals surface area (Å²) in [6.07, 6.45) is 4.85. The molecule has 2 fully saturated rings. The Balaban J connectivity index is 1.66. The van der Waals surface area contributed by atoms with Crippen LogP contribution in [0, 0.1) is 17.7 Å². The number of aliphatic hydroxyl groups is 1. The van der Waals surface area contributed by atoms with Crippen LogP contribution in [0.3, 0.4) is 0 Å². The zero-order valence-electron chi connectivity index (χ0n) is 22.3. The van der Waals surface area contributed by atoms with Crippen LogP contribution in [0.4, 0.5) is 18.0 Å². The lowest BCUT2D eigenvalue weighted by molar-refractivity contribution is -0.0568. The summed E-state index contributed by atoms with van der Waals surface area (Å²) in [5.41, 5.74) is -0.716. The molecule has 9 heteroatoms. The van der Waals surface area contributed by atoms with Crippen LogP contribution < -0.4 is 10.6 Å².